The Morgan fingerprint density at radius 2 is 1.68 bits per heavy atom. The molecule has 4 aromatic rings. The predicted octanol–water partition coefficient (Wildman–Crippen LogP) is 4.04. The van der Waals surface area contributed by atoms with Crippen LogP contribution in [0, 0.1) is 0 Å². The zero-order valence-electron chi connectivity index (χ0n) is 18.0. The molecule has 0 aliphatic carbocycles. The van der Waals surface area contributed by atoms with Crippen molar-refractivity contribution in [3.05, 3.63) is 68.6 Å². The van der Waals surface area contributed by atoms with Crippen LogP contribution in [0.4, 0.5) is 0 Å². The van der Waals surface area contributed by atoms with Crippen LogP contribution in [0.2, 0.25) is 0 Å². The smallest absolute Gasteiger partial charge is 0.332 e. The molecule has 0 saturated heterocycles. The van der Waals surface area contributed by atoms with E-state index >= 15 is 0 Å². The second kappa shape index (κ2) is 8.63. The average molecular weight is 418 g/mol. The number of aromatic nitrogens is 4. The summed E-state index contributed by atoms with van der Waals surface area (Å²) in [5.41, 5.74) is 1.15. The average Bonchev–Trinajstić information content (AvgIpc) is 3.22. The van der Waals surface area contributed by atoms with Gasteiger partial charge >= 0.3 is 5.69 Å². The number of hydrogen-bond donors (Lipinski definition) is 1. The Labute approximate surface area is 179 Å². The first-order chi connectivity index (χ1) is 15.1. The highest BCUT2D eigenvalue weighted by molar-refractivity contribution is 5.96. The molecule has 160 valence electrons. The number of ether oxygens (including phenoxy) is 1. The summed E-state index contributed by atoms with van der Waals surface area (Å²) in [6.45, 7) is 4.84. The van der Waals surface area contributed by atoms with E-state index in [1.807, 2.05) is 62.4 Å². The van der Waals surface area contributed by atoms with Crippen molar-refractivity contribution >= 4 is 34.1 Å². The van der Waals surface area contributed by atoms with Gasteiger partial charge in [0.1, 0.15) is 17.1 Å². The molecule has 2 heterocycles. The van der Waals surface area contributed by atoms with E-state index in [0.29, 0.717) is 36.5 Å². The number of fused-ring (bicyclic) bond motifs is 2. The zero-order valence-corrected chi connectivity index (χ0v) is 18.0. The lowest BCUT2D eigenvalue weighted by molar-refractivity contribution is 0.420. The molecular weight excluding hydrogens is 392 g/mol. The van der Waals surface area contributed by atoms with Crippen molar-refractivity contribution in [2.24, 2.45) is 0 Å². The van der Waals surface area contributed by atoms with Crippen molar-refractivity contribution in [3.8, 4) is 5.75 Å². The lowest BCUT2D eigenvalue weighted by Gasteiger charge is -2.09. The normalized spacial score (nSPS) is 11.7. The molecule has 7 heteroatoms. The maximum absolute atomic E-state index is 12.9. The Hall–Kier alpha value is -3.61. The first-order valence-electron chi connectivity index (χ1n) is 10.6. The number of nitrogens with one attached hydrogen (secondary N) is 1. The number of aromatic amines is 1. The fraction of sp³-hybridized carbons (Fsp3) is 0.292. The van der Waals surface area contributed by atoms with Gasteiger partial charge in [-0.25, -0.2) is 9.78 Å². The summed E-state index contributed by atoms with van der Waals surface area (Å²) in [5, 5.41) is 2.08. The molecule has 4 rings (SSSR count). The molecule has 2 aromatic carbocycles. The van der Waals surface area contributed by atoms with Crippen LogP contribution in [0.5, 0.6) is 5.75 Å². The number of imidazole rings is 1. The number of methoxy groups -OCH3 is 1. The molecule has 0 amide bonds. The molecule has 0 spiro atoms. The van der Waals surface area contributed by atoms with Gasteiger partial charge in [-0.05, 0) is 35.9 Å². The van der Waals surface area contributed by atoms with Crippen LogP contribution in [-0.4, -0.2) is 26.2 Å². The third-order valence-electron chi connectivity index (χ3n) is 5.33. The summed E-state index contributed by atoms with van der Waals surface area (Å²) in [4.78, 5) is 33.4. The monoisotopic (exact) mass is 418 g/mol. The molecule has 7 nitrogen and oxygen atoms in total. The number of hydrogen-bond acceptors (Lipinski definition) is 4. The van der Waals surface area contributed by atoms with E-state index in [-0.39, 0.29) is 11.2 Å². The minimum atomic E-state index is -0.323. The van der Waals surface area contributed by atoms with Gasteiger partial charge in [0.25, 0.3) is 5.56 Å². The van der Waals surface area contributed by atoms with Gasteiger partial charge in [-0.15, -0.1) is 0 Å². The lowest BCUT2D eigenvalue weighted by Crippen LogP contribution is -2.40. The van der Waals surface area contributed by atoms with Crippen LogP contribution < -0.4 is 16.0 Å². The van der Waals surface area contributed by atoms with Gasteiger partial charge in [-0.1, -0.05) is 50.3 Å². The second-order valence-electron chi connectivity index (χ2n) is 7.45. The van der Waals surface area contributed by atoms with Gasteiger partial charge in [0.2, 0.25) is 0 Å². The minimum Gasteiger partial charge on any atom is -0.496 e. The van der Waals surface area contributed by atoms with E-state index < -0.39 is 0 Å². The lowest BCUT2D eigenvalue weighted by atomic mass is 10.0. The van der Waals surface area contributed by atoms with Crippen molar-refractivity contribution in [1.29, 1.82) is 0 Å². The molecule has 0 aliphatic heterocycles. The van der Waals surface area contributed by atoms with Crippen molar-refractivity contribution in [2.75, 3.05) is 7.11 Å². The second-order valence-corrected chi connectivity index (χ2v) is 7.45. The molecule has 0 aliphatic rings. The quantitative estimate of drug-likeness (QED) is 0.491. The van der Waals surface area contributed by atoms with Crippen LogP contribution in [0.3, 0.4) is 0 Å². The first kappa shape index (κ1) is 20.7. The predicted molar refractivity (Wildman–Crippen MR) is 125 cm³/mol. The van der Waals surface area contributed by atoms with Gasteiger partial charge in [-0.3, -0.25) is 13.9 Å². The van der Waals surface area contributed by atoms with E-state index in [0.717, 1.165) is 28.5 Å². The van der Waals surface area contributed by atoms with E-state index in [1.165, 1.54) is 4.57 Å². The molecule has 2 aromatic heterocycles. The summed E-state index contributed by atoms with van der Waals surface area (Å²) in [7, 11) is 1.66. The largest absolute Gasteiger partial charge is 0.496 e. The Kier molecular flexibility index (Phi) is 5.75. The maximum Gasteiger partial charge on any atom is 0.332 e. The van der Waals surface area contributed by atoms with Crippen LogP contribution in [0.15, 0.2) is 46.0 Å². The highest BCUT2D eigenvalue weighted by Crippen LogP contribution is 2.29. The fourth-order valence-electron chi connectivity index (χ4n) is 3.90. The Morgan fingerprint density at radius 3 is 2.39 bits per heavy atom. The molecule has 0 fully saturated rings. The van der Waals surface area contributed by atoms with Crippen molar-refractivity contribution < 1.29 is 4.74 Å². The van der Waals surface area contributed by atoms with E-state index in [4.69, 9.17) is 4.74 Å². The fourth-order valence-corrected chi connectivity index (χ4v) is 3.90. The molecule has 0 atom stereocenters. The molecule has 31 heavy (non-hydrogen) atoms. The number of H-pyrrole nitrogens is 1. The number of rotatable bonds is 7. The van der Waals surface area contributed by atoms with Crippen LogP contribution in [0.25, 0.3) is 34.1 Å². The number of aryl methyl sites for hydroxylation is 1. The summed E-state index contributed by atoms with van der Waals surface area (Å²) >= 11 is 0. The van der Waals surface area contributed by atoms with Gasteiger partial charge < -0.3 is 9.72 Å². The molecule has 0 radical (unpaired) electrons. The van der Waals surface area contributed by atoms with Gasteiger partial charge in [0.05, 0.1) is 7.11 Å². The molecular formula is C24H26N4O3. The summed E-state index contributed by atoms with van der Waals surface area (Å²) in [6.07, 6.45) is 5.26. The maximum atomic E-state index is 12.9. The van der Waals surface area contributed by atoms with E-state index in [1.54, 1.807) is 11.7 Å². The minimum absolute atomic E-state index is 0.302. The summed E-state index contributed by atoms with van der Waals surface area (Å²) in [5.74, 6) is 1.35. The highest BCUT2D eigenvalue weighted by Gasteiger charge is 2.16. The van der Waals surface area contributed by atoms with E-state index in [2.05, 4.69) is 9.97 Å². The topological polar surface area (TPSA) is 81.9 Å². The Bertz CT molecular complexity index is 1390. The molecule has 0 bridgehead atoms. The number of nitrogens with zero attached hydrogens (tertiary/aromatic N) is 3. The molecule has 1 N–H and O–H groups in total. The zero-order chi connectivity index (χ0) is 22.0. The van der Waals surface area contributed by atoms with Gasteiger partial charge in [0.15, 0.2) is 5.65 Å². The summed E-state index contributed by atoms with van der Waals surface area (Å²) < 4.78 is 8.34. The van der Waals surface area contributed by atoms with Crippen molar-refractivity contribution in [3.63, 3.8) is 0 Å². The third-order valence-corrected chi connectivity index (χ3v) is 5.33. The standard InChI is InChI=1S/C24H26N4O3/c1-4-14-27-22-21(23(29)28(15-5-2)24(27)30)25-20(26-22)13-11-16-10-12-19(31-3)18-9-7-6-8-17(16)18/h6-13H,4-5,14-15H2,1-3H3,(H,25,26)/b13-11+. The summed E-state index contributed by atoms with van der Waals surface area (Å²) in [6, 6.07) is 11.9. The van der Waals surface area contributed by atoms with Gasteiger partial charge in [0, 0.05) is 18.5 Å². The van der Waals surface area contributed by atoms with Crippen molar-refractivity contribution in [1.82, 2.24) is 19.1 Å². The van der Waals surface area contributed by atoms with Crippen LogP contribution >= 0.6 is 0 Å². The van der Waals surface area contributed by atoms with Gasteiger partial charge in [-0.2, -0.15) is 0 Å². The van der Waals surface area contributed by atoms with Crippen molar-refractivity contribution in [2.45, 2.75) is 39.8 Å². The van der Waals surface area contributed by atoms with Crippen LogP contribution in [-0.2, 0) is 13.1 Å². The van der Waals surface area contributed by atoms with E-state index in [9.17, 15) is 9.59 Å². The SMILES string of the molecule is CCCn1c(=O)c2[nH]c(/C=C/c3ccc(OC)c4ccccc34)nc2n(CCC)c1=O. The molecule has 0 unspecified atom stereocenters. The highest BCUT2D eigenvalue weighted by atomic mass is 16.5. The Morgan fingerprint density at radius 1 is 0.968 bits per heavy atom. The third kappa shape index (κ3) is 3.67. The number of benzene rings is 2. The first-order valence-corrected chi connectivity index (χ1v) is 10.6. The van der Waals surface area contributed by atoms with Crippen LogP contribution in [0.1, 0.15) is 38.1 Å². The molecule has 0 saturated carbocycles. The Balaban J connectivity index is 1.83.